The molecule has 4 nitrogen and oxygen atoms in total. The molecule has 0 aliphatic carbocycles. The standard InChI is InChI=1S/C25H22N2O2/c1-2-17-27(19-28)24-16-10-9-15-22(24)26-23(20-11-5-3-6-12-20)18-25(29)21-13-7-4-8-14-21/h2-16,18-19,26H,1,17H2/b23-18-. The molecule has 0 aromatic heterocycles. The highest BCUT2D eigenvalue weighted by molar-refractivity contribution is 6.09. The summed E-state index contributed by atoms with van der Waals surface area (Å²) in [7, 11) is 0. The molecule has 1 N–H and O–H groups in total. The van der Waals surface area contributed by atoms with Crippen LogP contribution in [0.25, 0.3) is 5.70 Å². The normalized spacial score (nSPS) is 10.8. The zero-order valence-electron chi connectivity index (χ0n) is 16.0. The summed E-state index contributed by atoms with van der Waals surface area (Å²) in [5, 5.41) is 3.34. The molecule has 0 aliphatic rings. The van der Waals surface area contributed by atoms with E-state index in [2.05, 4.69) is 11.9 Å². The molecule has 3 rings (SSSR count). The number of benzene rings is 3. The molecule has 0 atom stereocenters. The van der Waals surface area contributed by atoms with Gasteiger partial charge in [-0.2, -0.15) is 0 Å². The summed E-state index contributed by atoms with van der Waals surface area (Å²) in [4.78, 5) is 25.9. The number of carbonyl (C=O) groups is 2. The van der Waals surface area contributed by atoms with Crippen LogP contribution in [0.3, 0.4) is 0 Å². The Bertz CT molecular complexity index is 1010. The van der Waals surface area contributed by atoms with Crippen molar-refractivity contribution in [1.29, 1.82) is 0 Å². The van der Waals surface area contributed by atoms with Crippen LogP contribution >= 0.6 is 0 Å². The molecule has 4 heteroatoms. The van der Waals surface area contributed by atoms with Gasteiger partial charge in [0.1, 0.15) is 0 Å². The van der Waals surface area contributed by atoms with Crippen molar-refractivity contribution < 1.29 is 9.59 Å². The second-order valence-electron chi connectivity index (χ2n) is 6.34. The number of amides is 1. The van der Waals surface area contributed by atoms with Crippen LogP contribution in [-0.4, -0.2) is 18.7 Å². The van der Waals surface area contributed by atoms with Gasteiger partial charge < -0.3 is 10.2 Å². The van der Waals surface area contributed by atoms with Gasteiger partial charge in [0.15, 0.2) is 5.78 Å². The fraction of sp³-hybridized carbons (Fsp3) is 0.0400. The minimum Gasteiger partial charge on any atom is -0.353 e. The summed E-state index contributed by atoms with van der Waals surface area (Å²) >= 11 is 0. The Morgan fingerprint density at radius 1 is 0.862 bits per heavy atom. The lowest BCUT2D eigenvalue weighted by molar-refractivity contribution is -0.107. The number of ketones is 1. The van der Waals surface area contributed by atoms with Crippen molar-refractivity contribution in [3.8, 4) is 0 Å². The van der Waals surface area contributed by atoms with Gasteiger partial charge in [0.05, 0.1) is 11.4 Å². The van der Waals surface area contributed by atoms with Crippen molar-refractivity contribution >= 4 is 29.3 Å². The van der Waals surface area contributed by atoms with Crippen LogP contribution in [0.15, 0.2) is 104 Å². The third kappa shape index (κ3) is 5.08. The average Bonchev–Trinajstić information content (AvgIpc) is 2.78. The highest BCUT2D eigenvalue weighted by atomic mass is 16.1. The molecule has 1 amide bonds. The summed E-state index contributed by atoms with van der Waals surface area (Å²) in [5.41, 5.74) is 3.55. The van der Waals surface area contributed by atoms with Crippen LogP contribution in [0.1, 0.15) is 15.9 Å². The van der Waals surface area contributed by atoms with Gasteiger partial charge in [-0.3, -0.25) is 9.59 Å². The van der Waals surface area contributed by atoms with Gasteiger partial charge in [-0.15, -0.1) is 6.58 Å². The first-order chi connectivity index (χ1) is 14.2. The van der Waals surface area contributed by atoms with Crippen LogP contribution in [-0.2, 0) is 4.79 Å². The monoisotopic (exact) mass is 382 g/mol. The zero-order valence-corrected chi connectivity index (χ0v) is 16.0. The minimum absolute atomic E-state index is 0.104. The Morgan fingerprint density at radius 3 is 2.07 bits per heavy atom. The van der Waals surface area contributed by atoms with Crippen LogP contribution in [0.5, 0.6) is 0 Å². The molecular weight excluding hydrogens is 360 g/mol. The van der Waals surface area contributed by atoms with E-state index in [1.807, 2.05) is 72.8 Å². The largest absolute Gasteiger partial charge is 0.353 e. The van der Waals surface area contributed by atoms with Crippen molar-refractivity contribution in [3.05, 3.63) is 115 Å². The predicted octanol–water partition coefficient (Wildman–Crippen LogP) is 5.17. The molecule has 0 aliphatic heterocycles. The first kappa shape index (κ1) is 19.8. The van der Waals surface area contributed by atoms with Crippen LogP contribution in [0, 0.1) is 0 Å². The third-order valence-corrected chi connectivity index (χ3v) is 4.35. The molecule has 0 spiro atoms. The molecule has 0 saturated heterocycles. The number of allylic oxidation sites excluding steroid dienone is 1. The van der Waals surface area contributed by atoms with E-state index in [0.29, 0.717) is 23.5 Å². The summed E-state index contributed by atoms with van der Waals surface area (Å²) in [5.74, 6) is -0.104. The van der Waals surface area contributed by atoms with E-state index in [4.69, 9.17) is 0 Å². The molecule has 144 valence electrons. The summed E-state index contributed by atoms with van der Waals surface area (Å²) in [6.07, 6.45) is 4.02. The molecule has 3 aromatic carbocycles. The van der Waals surface area contributed by atoms with Gasteiger partial charge in [0, 0.05) is 23.9 Å². The van der Waals surface area contributed by atoms with E-state index in [0.717, 1.165) is 17.7 Å². The molecule has 29 heavy (non-hydrogen) atoms. The van der Waals surface area contributed by atoms with Gasteiger partial charge in [-0.05, 0) is 17.7 Å². The number of hydrogen-bond acceptors (Lipinski definition) is 3. The molecule has 0 heterocycles. The number of para-hydroxylation sites is 2. The van der Waals surface area contributed by atoms with Gasteiger partial charge in [-0.25, -0.2) is 0 Å². The number of carbonyl (C=O) groups excluding carboxylic acids is 2. The summed E-state index contributed by atoms with van der Waals surface area (Å²) in [6, 6.07) is 26.2. The van der Waals surface area contributed by atoms with E-state index in [9.17, 15) is 9.59 Å². The number of rotatable bonds is 9. The van der Waals surface area contributed by atoms with Crippen molar-refractivity contribution in [2.45, 2.75) is 0 Å². The molecular formula is C25H22N2O2. The predicted molar refractivity (Wildman–Crippen MR) is 119 cm³/mol. The number of anilines is 2. The maximum absolute atomic E-state index is 12.8. The van der Waals surface area contributed by atoms with Gasteiger partial charge in [0.2, 0.25) is 6.41 Å². The topological polar surface area (TPSA) is 49.4 Å². The van der Waals surface area contributed by atoms with Gasteiger partial charge in [-0.1, -0.05) is 78.9 Å². The molecule has 3 aromatic rings. The maximum atomic E-state index is 12.8. The zero-order chi connectivity index (χ0) is 20.5. The summed E-state index contributed by atoms with van der Waals surface area (Å²) in [6.45, 7) is 4.09. The smallest absolute Gasteiger partial charge is 0.214 e. The highest BCUT2D eigenvalue weighted by Crippen LogP contribution is 2.28. The van der Waals surface area contributed by atoms with Crippen LogP contribution in [0.2, 0.25) is 0 Å². The fourth-order valence-electron chi connectivity index (χ4n) is 2.94. The maximum Gasteiger partial charge on any atom is 0.214 e. The summed E-state index contributed by atoms with van der Waals surface area (Å²) < 4.78 is 0. The Hall–Kier alpha value is -3.92. The second kappa shape index (κ2) is 9.85. The Labute approximate surface area is 170 Å². The Balaban J connectivity index is 2.01. The molecule has 0 saturated carbocycles. The molecule has 0 fully saturated rings. The van der Waals surface area contributed by atoms with Gasteiger partial charge >= 0.3 is 0 Å². The number of nitrogens with one attached hydrogen (secondary N) is 1. The highest BCUT2D eigenvalue weighted by Gasteiger charge is 2.12. The van der Waals surface area contributed by atoms with E-state index < -0.39 is 0 Å². The minimum atomic E-state index is -0.104. The third-order valence-electron chi connectivity index (χ3n) is 4.35. The SMILES string of the molecule is C=CCN(C=O)c1ccccc1N/C(=C\C(=O)c1ccccc1)c1ccccc1. The van der Waals surface area contributed by atoms with Crippen molar-refractivity contribution in [2.24, 2.45) is 0 Å². The van der Waals surface area contributed by atoms with E-state index in [1.54, 1.807) is 29.2 Å². The molecule has 0 bridgehead atoms. The Morgan fingerprint density at radius 2 is 1.45 bits per heavy atom. The number of hydrogen-bond donors (Lipinski definition) is 1. The lowest BCUT2D eigenvalue weighted by atomic mass is 10.1. The lowest BCUT2D eigenvalue weighted by Gasteiger charge is -2.21. The first-order valence-corrected chi connectivity index (χ1v) is 9.28. The van der Waals surface area contributed by atoms with Gasteiger partial charge in [0.25, 0.3) is 0 Å². The number of nitrogens with zero attached hydrogens (tertiary/aromatic N) is 1. The molecule has 0 unspecified atom stereocenters. The first-order valence-electron chi connectivity index (χ1n) is 9.28. The van der Waals surface area contributed by atoms with E-state index in [-0.39, 0.29) is 5.78 Å². The quantitative estimate of drug-likeness (QED) is 0.240. The second-order valence-corrected chi connectivity index (χ2v) is 6.34. The van der Waals surface area contributed by atoms with Crippen molar-refractivity contribution in [1.82, 2.24) is 0 Å². The van der Waals surface area contributed by atoms with E-state index in [1.165, 1.54) is 0 Å². The van der Waals surface area contributed by atoms with Crippen LogP contribution < -0.4 is 10.2 Å². The fourth-order valence-corrected chi connectivity index (χ4v) is 2.94. The van der Waals surface area contributed by atoms with Crippen molar-refractivity contribution in [3.63, 3.8) is 0 Å². The molecule has 0 radical (unpaired) electrons. The Kier molecular flexibility index (Phi) is 6.74. The van der Waals surface area contributed by atoms with E-state index >= 15 is 0 Å². The lowest BCUT2D eigenvalue weighted by Crippen LogP contribution is -2.22. The average molecular weight is 382 g/mol. The van der Waals surface area contributed by atoms with Crippen molar-refractivity contribution in [2.75, 3.05) is 16.8 Å². The van der Waals surface area contributed by atoms with Crippen LogP contribution in [0.4, 0.5) is 11.4 Å².